The summed E-state index contributed by atoms with van der Waals surface area (Å²) in [5.74, 6) is 0.810. The van der Waals surface area contributed by atoms with E-state index in [4.69, 9.17) is 24.7 Å². The molecular weight excluding hydrogens is 681 g/mol. The van der Waals surface area contributed by atoms with E-state index < -0.39 is 69.0 Å². The summed E-state index contributed by atoms with van der Waals surface area (Å²) in [5, 5.41) is 0. The van der Waals surface area contributed by atoms with Crippen LogP contribution in [0.15, 0.2) is 0 Å². The lowest BCUT2D eigenvalue weighted by molar-refractivity contribution is 0.346. The number of rotatable bonds is 26. The van der Waals surface area contributed by atoms with Crippen molar-refractivity contribution < 1.29 is 24.7 Å². The van der Waals surface area contributed by atoms with Crippen LogP contribution in [0.4, 0.5) is 0 Å². The van der Waals surface area contributed by atoms with E-state index in [1.165, 1.54) is 76.3 Å². The topological polar surface area (TPSA) is 55.4 Å². The molecular formula is C30H78O6Si8. The second kappa shape index (κ2) is 20.2. The highest BCUT2D eigenvalue weighted by Crippen LogP contribution is 2.30. The third-order valence-corrected chi connectivity index (χ3v) is 34.5. The molecule has 0 N–H and O–H groups in total. The summed E-state index contributed by atoms with van der Waals surface area (Å²) >= 11 is 0. The molecule has 6 nitrogen and oxygen atoms in total. The minimum Gasteiger partial charge on any atom is -0.439 e. The van der Waals surface area contributed by atoms with Gasteiger partial charge in [-0.05, 0) is 123 Å². The molecule has 0 rings (SSSR count). The molecule has 0 amide bonds. The molecule has 0 spiro atoms. The molecule has 0 aromatic heterocycles. The Balaban J connectivity index is 5.02. The normalized spacial score (nSPS) is 16.3. The molecule has 0 heterocycles. The van der Waals surface area contributed by atoms with Gasteiger partial charge >= 0.3 is 17.1 Å². The zero-order chi connectivity index (χ0) is 34.5. The molecule has 0 aromatic carbocycles. The van der Waals surface area contributed by atoms with E-state index in [1.807, 2.05) is 0 Å². The van der Waals surface area contributed by atoms with E-state index in [2.05, 4.69) is 112 Å². The third-order valence-electron chi connectivity index (χ3n) is 7.48. The van der Waals surface area contributed by atoms with Crippen molar-refractivity contribution in [3.63, 3.8) is 0 Å². The van der Waals surface area contributed by atoms with Crippen LogP contribution in [0.5, 0.6) is 0 Å². The van der Waals surface area contributed by atoms with Crippen molar-refractivity contribution in [3.05, 3.63) is 0 Å². The largest absolute Gasteiger partial charge is 0.439 e. The third kappa shape index (κ3) is 26.4. The average Bonchev–Trinajstić information content (AvgIpc) is 2.72. The van der Waals surface area contributed by atoms with Crippen LogP contribution in [0, 0.1) is 5.92 Å². The first-order valence-corrected chi connectivity index (χ1v) is 40.7. The molecule has 266 valence electrons. The lowest BCUT2D eigenvalue weighted by Crippen LogP contribution is -2.50. The minimum atomic E-state index is -2.20. The van der Waals surface area contributed by atoms with Gasteiger partial charge in [-0.3, -0.25) is 0 Å². The second-order valence-electron chi connectivity index (χ2n) is 17.2. The molecule has 14 heteroatoms. The highest BCUT2D eigenvalue weighted by molar-refractivity contribution is 6.86. The van der Waals surface area contributed by atoms with Crippen LogP contribution in [0.3, 0.4) is 0 Å². The van der Waals surface area contributed by atoms with E-state index in [9.17, 15) is 0 Å². The first-order valence-electron chi connectivity index (χ1n) is 17.9. The van der Waals surface area contributed by atoms with Gasteiger partial charge in [0.1, 0.15) is 0 Å². The number of hydrogen-bond donors (Lipinski definition) is 0. The van der Waals surface area contributed by atoms with Gasteiger partial charge in [0, 0.05) is 0 Å². The highest BCUT2D eigenvalue weighted by atomic mass is 28.5. The molecule has 0 aliphatic heterocycles. The molecule has 0 fully saturated rings. The molecule has 0 aliphatic carbocycles. The molecule has 0 aromatic rings. The molecule has 0 bridgehead atoms. The fourth-order valence-electron chi connectivity index (χ4n) is 6.43. The Kier molecular flexibility index (Phi) is 20.9. The summed E-state index contributed by atoms with van der Waals surface area (Å²) in [6.45, 7) is 38.6. The quantitative estimate of drug-likeness (QED) is 0.0647. The summed E-state index contributed by atoms with van der Waals surface area (Å²) in [4.78, 5) is 0. The van der Waals surface area contributed by atoms with E-state index >= 15 is 0 Å². The Bertz CT molecular complexity index is 716. The van der Waals surface area contributed by atoms with Gasteiger partial charge in [0.15, 0.2) is 33.3 Å². The van der Waals surface area contributed by atoms with Gasteiger partial charge in [0.2, 0.25) is 0 Å². The van der Waals surface area contributed by atoms with Crippen molar-refractivity contribution in [1.29, 1.82) is 0 Å². The van der Waals surface area contributed by atoms with Crippen LogP contribution in [-0.2, 0) is 24.7 Å². The van der Waals surface area contributed by atoms with Gasteiger partial charge in [-0.15, -0.1) is 0 Å². The molecule has 44 heavy (non-hydrogen) atoms. The van der Waals surface area contributed by atoms with Gasteiger partial charge in [-0.25, -0.2) is 0 Å². The lowest BCUT2D eigenvalue weighted by Gasteiger charge is -2.36. The van der Waals surface area contributed by atoms with Crippen molar-refractivity contribution in [2.45, 2.75) is 188 Å². The molecule has 2 unspecified atom stereocenters. The van der Waals surface area contributed by atoms with E-state index in [0.29, 0.717) is 0 Å². The summed E-state index contributed by atoms with van der Waals surface area (Å²) in [6, 6.07) is 2.43. The smallest absolute Gasteiger partial charge is 0.312 e. The van der Waals surface area contributed by atoms with Crippen molar-refractivity contribution in [2.24, 2.45) is 5.92 Å². The Hall–Kier alpha value is 1.50. The van der Waals surface area contributed by atoms with E-state index in [1.54, 1.807) is 0 Å². The van der Waals surface area contributed by atoms with Crippen molar-refractivity contribution in [3.8, 4) is 0 Å². The van der Waals surface area contributed by atoms with Crippen LogP contribution in [0.1, 0.15) is 71.1 Å². The van der Waals surface area contributed by atoms with E-state index in [-0.39, 0.29) is 0 Å². The molecule has 0 radical (unpaired) electrons. The minimum absolute atomic E-state index is 0.810. The van der Waals surface area contributed by atoms with Crippen molar-refractivity contribution >= 4 is 69.0 Å². The van der Waals surface area contributed by atoms with Gasteiger partial charge in [-0.1, -0.05) is 71.1 Å². The summed E-state index contributed by atoms with van der Waals surface area (Å²) in [5.41, 5.74) is 0. The predicted molar refractivity (Wildman–Crippen MR) is 214 cm³/mol. The zero-order valence-electron chi connectivity index (χ0n) is 32.7. The predicted octanol–water partition coefficient (Wildman–Crippen LogP) is 10.8. The lowest BCUT2D eigenvalue weighted by atomic mass is 9.92. The fourth-order valence-corrected chi connectivity index (χ4v) is 36.9. The Morgan fingerprint density at radius 3 is 1.14 bits per heavy atom. The van der Waals surface area contributed by atoms with Gasteiger partial charge in [0.25, 0.3) is 18.6 Å². The second-order valence-corrected chi connectivity index (χ2v) is 47.0. The van der Waals surface area contributed by atoms with Crippen LogP contribution >= 0.6 is 0 Å². The maximum atomic E-state index is 6.85. The summed E-state index contributed by atoms with van der Waals surface area (Å²) < 4.78 is 39.3. The molecule has 0 saturated heterocycles. The van der Waals surface area contributed by atoms with Gasteiger partial charge < -0.3 is 24.7 Å². The first-order chi connectivity index (χ1) is 19.8. The van der Waals surface area contributed by atoms with Crippen molar-refractivity contribution in [2.75, 3.05) is 0 Å². The fraction of sp³-hybridized carbons (Fsp3) is 1.00. The van der Waals surface area contributed by atoms with Crippen LogP contribution < -0.4 is 0 Å². The van der Waals surface area contributed by atoms with Crippen LogP contribution in [0.2, 0.25) is 117 Å². The zero-order valence-corrected chi connectivity index (χ0v) is 41.0. The Morgan fingerprint density at radius 2 is 0.795 bits per heavy atom. The summed E-state index contributed by atoms with van der Waals surface area (Å²) in [6.07, 6.45) is 13.4. The highest BCUT2D eigenvalue weighted by Gasteiger charge is 2.38. The van der Waals surface area contributed by atoms with Crippen LogP contribution in [0.25, 0.3) is 0 Å². The Labute approximate surface area is 286 Å². The molecule has 2 atom stereocenters. The van der Waals surface area contributed by atoms with Gasteiger partial charge in [-0.2, -0.15) is 0 Å². The molecule has 0 aliphatic rings. The monoisotopic (exact) mass is 758 g/mol. The standard InChI is InChI=1S/C30H78O6Si8/c1-18-19-20-21-22-25-30(26-23-28-41(10,11)35-43(14,15)33-37(2)31-39(4,5)6)27-24-29-42(12,13)36-44(16,17)34-38(3)32-40(7,8)9/h30,37-38H,18-29H2,1-17H3. The SMILES string of the molecule is CCCCCCCC(CCC[Si](C)(C)O[Si](C)(C)O[SiH](C)O[Si](C)(C)C)CCC[Si](C)(C)O[Si](C)(C)O[SiH](C)O[Si](C)(C)C. The Morgan fingerprint density at radius 1 is 0.455 bits per heavy atom. The number of hydrogen-bond acceptors (Lipinski definition) is 6. The van der Waals surface area contributed by atoms with Crippen LogP contribution in [-0.4, -0.2) is 69.0 Å². The van der Waals surface area contributed by atoms with Gasteiger partial charge in [0.05, 0.1) is 0 Å². The van der Waals surface area contributed by atoms with Crippen molar-refractivity contribution in [1.82, 2.24) is 0 Å². The first kappa shape index (κ1) is 45.5. The summed E-state index contributed by atoms with van der Waals surface area (Å²) in [7, 11) is -14.5. The average molecular weight is 760 g/mol. The maximum absolute atomic E-state index is 6.85. The van der Waals surface area contributed by atoms with E-state index in [0.717, 1.165) is 5.92 Å². The molecule has 0 saturated carbocycles. The maximum Gasteiger partial charge on any atom is 0.312 e. The number of unbranched alkanes of at least 4 members (excludes halogenated alkanes) is 4.